The lowest BCUT2D eigenvalue weighted by atomic mass is 10.1. The number of carbonyl (C=O) groups is 2. The van der Waals surface area contributed by atoms with E-state index >= 15 is 0 Å². The fourth-order valence-corrected chi connectivity index (χ4v) is 4.12. The van der Waals surface area contributed by atoms with Gasteiger partial charge in [0.15, 0.2) is 0 Å². The fourth-order valence-electron chi connectivity index (χ4n) is 4.12. The molecule has 3 rings (SSSR count). The van der Waals surface area contributed by atoms with Crippen molar-refractivity contribution in [3.8, 4) is 6.07 Å². The van der Waals surface area contributed by atoms with Gasteiger partial charge in [0.2, 0.25) is 5.91 Å². The number of nitrogens with one attached hydrogen (secondary N) is 1. The number of benzene rings is 2. The van der Waals surface area contributed by atoms with Gasteiger partial charge in [0.05, 0.1) is 25.2 Å². The molecule has 33 heavy (non-hydrogen) atoms. The molecule has 2 aromatic rings. The third-order valence-electron chi connectivity index (χ3n) is 5.94. The summed E-state index contributed by atoms with van der Waals surface area (Å²) >= 11 is 0. The molecule has 0 radical (unpaired) electrons. The molecule has 7 heteroatoms. The average Bonchev–Trinajstić information content (AvgIpc) is 2.85. The number of amides is 1. The van der Waals surface area contributed by atoms with Crippen LogP contribution in [0.5, 0.6) is 0 Å². The summed E-state index contributed by atoms with van der Waals surface area (Å²) in [5.41, 5.74) is 3.21. The van der Waals surface area contributed by atoms with Crippen molar-refractivity contribution < 1.29 is 14.3 Å². The number of methoxy groups -OCH3 is 1. The Balaban J connectivity index is 1.66. The van der Waals surface area contributed by atoms with Crippen LogP contribution in [0.3, 0.4) is 0 Å². The minimum Gasteiger partial charge on any atom is -0.467 e. The van der Waals surface area contributed by atoms with E-state index in [-0.39, 0.29) is 12.3 Å². The zero-order valence-electron chi connectivity index (χ0n) is 19.4. The predicted molar refractivity (Wildman–Crippen MR) is 129 cm³/mol. The van der Waals surface area contributed by atoms with E-state index in [1.54, 1.807) is 29.2 Å². The summed E-state index contributed by atoms with van der Waals surface area (Å²) in [4.78, 5) is 29.6. The zero-order valence-corrected chi connectivity index (χ0v) is 19.4. The molecule has 1 unspecified atom stereocenters. The molecule has 0 bridgehead atoms. The molecule has 1 atom stereocenters. The van der Waals surface area contributed by atoms with Gasteiger partial charge in [-0.1, -0.05) is 18.6 Å². The summed E-state index contributed by atoms with van der Waals surface area (Å²) in [5, 5.41) is 12.0. The van der Waals surface area contributed by atoms with Crippen molar-refractivity contribution in [2.24, 2.45) is 0 Å². The lowest BCUT2D eigenvalue weighted by Gasteiger charge is -2.27. The molecule has 0 saturated carbocycles. The van der Waals surface area contributed by atoms with Crippen LogP contribution in [-0.4, -0.2) is 49.6 Å². The van der Waals surface area contributed by atoms with Crippen molar-refractivity contribution in [3.63, 3.8) is 0 Å². The first kappa shape index (κ1) is 24.3. The van der Waals surface area contributed by atoms with Gasteiger partial charge in [-0.2, -0.15) is 5.26 Å². The number of ether oxygens (including phenoxy) is 1. The van der Waals surface area contributed by atoms with Crippen LogP contribution in [0.1, 0.15) is 43.7 Å². The van der Waals surface area contributed by atoms with E-state index < -0.39 is 12.0 Å². The highest BCUT2D eigenvalue weighted by Gasteiger charge is 2.26. The second kappa shape index (κ2) is 12.0. The summed E-state index contributed by atoms with van der Waals surface area (Å²) in [6, 6.07) is 16.0. The maximum absolute atomic E-state index is 13.1. The van der Waals surface area contributed by atoms with Gasteiger partial charge in [-0.05, 0) is 74.8 Å². The van der Waals surface area contributed by atoms with Crippen LogP contribution in [-0.2, 0) is 20.9 Å². The van der Waals surface area contributed by atoms with E-state index in [2.05, 4.69) is 28.4 Å². The molecule has 1 N–H and O–H groups in total. The summed E-state index contributed by atoms with van der Waals surface area (Å²) in [6.45, 7) is 5.63. The van der Waals surface area contributed by atoms with Crippen molar-refractivity contribution in [3.05, 3.63) is 59.7 Å². The Morgan fingerprint density at radius 2 is 1.76 bits per heavy atom. The monoisotopic (exact) mass is 448 g/mol. The topological polar surface area (TPSA) is 85.7 Å². The van der Waals surface area contributed by atoms with E-state index in [1.165, 1.54) is 31.9 Å². The number of rotatable bonds is 9. The molecule has 0 spiro atoms. The van der Waals surface area contributed by atoms with E-state index in [0.29, 0.717) is 17.8 Å². The molecule has 174 valence electrons. The van der Waals surface area contributed by atoms with Gasteiger partial charge in [-0.25, -0.2) is 4.79 Å². The molecule has 1 heterocycles. The number of anilines is 2. The largest absolute Gasteiger partial charge is 0.467 e. The lowest BCUT2D eigenvalue weighted by molar-refractivity contribution is -0.142. The van der Waals surface area contributed by atoms with Crippen molar-refractivity contribution in [2.75, 3.05) is 37.0 Å². The Labute approximate surface area is 195 Å². The predicted octanol–water partition coefficient (Wildman–Crippen LogP) is 3.94. The highest BCUT2D eigenvalue weighted by molar-refractivity contribution is 5.97. The van der Waals surface area contributed by atoms with Crippen LogP contribution in [0.25, 0.3) is 0 Å². The van der Waals surface area contributed by atoms with Gasteiger partial charge >= 0.3 is 5.97 Å². The molecule has 1 aliphatic heterocycles. The van der Waals surface area contributed by atoms with Crippen LogP contribution in [0.15, 0.2) is 48.5 Å². The quantitative estimate of drug-likeness (QED) is 0.585. The van der Waals surface area contributed by atoms with Crippen LogP contribution in [0.4, 0.5) is 11.4 Å². The summed E-state index contributed by atoms with van der Waals surface area (Å²) in [5.74, 6) is -0.682. The fraction of sp³-hybridized carbons (Fsp3) is 0.423. The Morgan fingerprint density at radius 1 is 1.09 bits per heavy atom. The molecule has 1 amide bonds. The van der Waals surface area contributed by atoms with E-state index in [1.807, 2.05) is 19.1 Å². The molecule has 1 aliphatic rings. The van der Waals surface area contributed by atoms with Crippen LogP contribution in [0, 0.1) is 11.3 Å². The first-order valence-corrected chi connectivity index (χ1v) is 11.5. The summed E-state index contributed by atoms with van der Waals surface area (Å²) < 4.78 is 4.91. The molecular formula is C26H32N4O3. The van der Waals surface area contributed by atoms with Crippen molar-refractivity contribution in [1.29, 1.82) is 5.26 Å². The average molecular weight is 449 g/mol. The first-order chi connectivity index (χ1) is 16.0. The maximum atomic E-state index is 13.1. The Kier molecular flexibility index (Phi) is 8.85. The standard InChI is InChI=1S/C26H32N4O3/c1-3-30(23-13-9-21(10-14-23)19-29-15-5-4-6-16-29)25(31)17-24(26(32)33-2)28-22-11-7-20(18-27)8-12-22/h7-14,24,28H,3-6,15-17,19H2,1-2H3. The van der Waals surface area contributed by atoms with Crippen molar-refractivity contribution in [2.45, 2.75) is 45.2 Å². The number of piperidine rings is 1. The third kappa shape index (κ3) is 6.80. The minimum atomic E-state index is -0.831. The molecule has 1 saturated heterocycles. The smallest absolute Gasteiger partial charge is 0.328 e. The van der Waals surface area contributed by atoms with Crippen LogP contribution in [0.2, 0.25) is 0 Å². The van der Waals surface area contributed by atoms with Gasteiger partial charge in [0.1, 0.15) is 6.04 Å². The normalized spacial score (nSPS) is 14.7. The molecule has 7 nitrogen and oxygen atoms in total. The first-order valence-electron chi connectivity index (χ1n) is 11.5. The summed E-state index contributed by atoms with van der Waals surface area (Å²) in [7, 11) is 1.30. The summed E-state index contributed by atoms with van der Waals surface area (Å²) in [6.07, 6.45) is 3.79. The molecule has 0 aromatic heterocycles. The van der Waals surface area contributed by atoms with E-state index in [0.717, 1.165) is 25.3 Å². The number of hydrogen-bond acceptors (Lipinski definition) is 6. The number of hydrogen-bond donors (Lipinski definition) is 1. The second-order valence-electron chi connectivity index (χ2n) is 8.25. The Morgan fingerprint density at radius 3 is 2.33 bits per heavy atom. The van der Waals surface area contributed by atoms with E-state index in [4.69, 9.17) is 10.00 Å². The number of esters is 1. The minimum absolute atomic E-state index is 0.0456. The van der Waals surface area contributed by atoms with Crippen LogP contribution < -0.4 is 10.2 Å². The number of likely N-dealkylation sites (tertiary alicyclic amines) is 1. The highest BCUT2D eigenvalue weighted by atomic mass is 16.5. The van der Waals surface area contributed by atoms with Gasteiger partial charge in [0, 0.05) is 24.5 Å². The van der Waals surface area contributed by atoms with Gasteiger partial charge in [-0.3, -0.25) is 9.69 Å². The number of nitrogens with zero attached hydrogens (tertiary/aromatic N) is 3. The Bertz CT molecular complexity index is 961. The molecular weight excluding hydrogens is 416 g/mol. The van der Waals surface area contributed by atoms with Gasteiger partial charge in [0.25, 0.3) is 0 Å². The highest BCUT2D eigenvalue weighted by Crippen LogP contribution is 2.20. The van der Waals surface area contributed by atoms with Crippen molar-refractivity contribution >= 4 is 23.3 Å². The number of nitriles is 1. The van der Waals surface area contributed by atoms with Crippen molar-refractivity contribution in [1.82, 2.24) is 4.90 Å². The third-order valence-corrected chi connectivity index (χ3v) is 5.94. The van der Waals surface area contributed by atoms with E-state index in [9.17, 15) is 9.59 Å². The second-order valence-corrected chi connectivity index (χ2v) is 8.25. The molecule has 1 fully saturated rings. The Hall–Kier alpha value is -3.37. The molecule has 2 aromatic carbocycles. The zero-order chi connectivity index (χ0) is 23.6. The maximum Gasteiger partial charge on any atom is 0.328 e. The SMILES string of the molecule is CCN(C(=O)CC(Nc1ccc(C#N)cc1)C(=O)OC)c1ccc(CN2CCCCC2)cc1. The van der Waals surface area contributed by atoms with Crippen LogP contribution >= 0.6 is 0 Å². The lowest BCUT2D eigenvalue weighted by Crippen LogP contribution is -2.39. The number of carbonyl (C=O) groups excluding carboxylic acids is 2. The van der Waals surface area contributed by atoms with Gasteiger partial charge in [-0.15, -0.1) is 0 Å². The molecule has 0 aliphatic carbocycles. The van der Waals surface area contributed by atoms with Gasteiger partial charge < -0.3 is 15.0 Å².